The van der Waals surface area contributed by atoms with Crippen molar-refractivity contribution in [2.45, 2.75) is 32.7 Å². The molecule has 1 atom stereocenters. The van der Waals surface area contributed by atoms with Crippen LogP contribution in [0.1, 0.15) is 43.9 Å². The molecule has 0 bridgehead atoms. The standard InChI is InChI=1S/C17H20FN/c1-12(2)14-8-10-15(11-9-14)19-13(3)16-6-4-5-7-17(16)18/h4-13,19H,1-3H3. The number of hydrogen-bond donors (Lipinski definition) is 1. The van der Waals surface area contributed by atoms with Gasteiger partial charge in [0.2, 0.25) is 0 Å². The molecule has 2 heteroatoms. The minimum atomic E-state index is -0.165. The van der Waals surface area contributed by atoms with Gasteiger partial charge in [-0.05, 0) is 36.6 Å². The first kappa shape index (κ1) is 13.6. The number of benzene rings is 2. The molecule has 0 radical (unpaired) electrons. The topological polar surface area (TPSA) is 12.0 Å². The fourth-order valence-corrected chi connectivity index (χ4v) is 2.12. The summed E-state index contributed by atoms with van der Waals surface area (Å²) in [6, 6.07) is 15.2. The second kappa shape index (κ2) is 5.87. The molecular weight excluding hydrogens is 237 g/mol. The molecule has 1 unspecified atom stereocenters. The molecule has 0 saturated carbocycles. The van der Waals surface area contributed by atoms with Crippen LogP contribution < -0.4 is 5.32 Å². The molecular formula is C17H20FN. The Labute approximate surface area is 114 Å². The molecule has 0 aromatic heterocycles. The van der Waals surface area contributed by atoms with E-state index >= 15 is 0 Å². The quantitative estimate of drug-likeness (QED) is 0.801. The molecule has 0 aliphatic carbocycles. The van der Waals surface area contributed by atoms with Crippen molar-refractivity contribution in [3.8, 4) is 0 Å². The van der Waals surface area contributed by atoms with Crippen LogP contribution in [0.3, 0.4) is 0 Å². The van der Waals surface area contributed by atoms with Gasteiger partial charge in [-0.25, -0.2) is 4.39 Å². The maximum Gasteiger partial charge on any atom is 0.128 e. The van der Waals surface area contributed by atoms with Crippen molar-refractivity contribution in [2.75, 3.05) is 5.32 Å². The lowest BCUT2D eigenvalue weighted by atomic mass is 10.0. The summed E-state index contributed by atoms with van der Waals surface area (Å²) in [6.45, 7) is 6.31. The van der Waals surface area contributed by atoms with Crippen molar-refractivity contribution in [1.82, 2.24) is 0 Å². The van der Waals surface area contributed by atoms with Crippen LogP contribution in [0, 0.1) is 5.82 Å². The van der Waals surface area contributed by atoms with E-state index in [0.717, 1.165) is 5.69 Å². The zero-order valence-electron chi connectivity index (χ0n) is 11.7. The Balaban J connectivity index is 2.11. The van der Waals surface area contributed by atoms with Gasteiger partial charge in [-0.15, -0.1) is 0 Å². The molecule has 1 N–H and O–H groups in total. The molecule has 0 heterocycles. The number of rotatable bonds is 4. The Morgan fingerprint density at radius 3 is 2.11 bits per heavy atom. The first-order chi connectivity index (χ1) is 9.08. The van der Waals surface area contributed by atoms with E-state index < -0.39 is 0 Å². The lowest BCUT2D eigenvalue weighted by Crippen LogP contribution is -2.08. The van der Waals surface area contributed by atoms with Crippen LogP contribution in [0.15, 0.2) is 48.5 Å². The lowest BCUT2D eigenvalue weighted by Gasteiger charge is -2.17. The second-order valence-electron chi connectivity index (χ2n) is 5.16. The van der Waals surface area contributed by atoms with Crippen molar-refractivity contribution >= 4 is 5.69 Å². The normalized spacial score (nSPS) is 12.5. The Morgan fingerprint density at radius 2 is 1.53 bits per heavy atom. The third-order valence-corrected chi connectivity index (χ3v) is 3.33. The molecule has 0 saturated heterocycles. The van der Waals surface area contributed by atoms with Gasteiger partial charge in [0.05, 0.1) is 6.04 Å². The number of hydrogen-bond acceptors (Lipinski definition) is 1. The molecule has 0 fully saturated rings. The Kier molecular flexibility index (Phi) is 4.20. The summed E-state index contributed by atoms with van der Waals surface area (Å²) in [7, 11) is 0. The highest BCUT2D eigenvalue weighted by molar-refractivity contribution is 5.47. The van der Waals surface area contributed by atoms with E-state index in [0.29, 0.717) is 11.5 Å². The van der Waals surface area contributed by atoms with E-state index in [9.17, 15) is 4.39 Å². The summed E-state index contributed by atoms with van der Waals surface area (Å²) in [4.78, 5) is 0. The fraction of sp³-hybridized carbons (Fsp3) is 0.294. The van der Waals surface area contributed by atoms with Crippen molar-refractivity contribution < 1.29 is 4.39 Å². The largest absolute Gasteiger partial charge is 0.378 e. The summed E-state index contributed by atoms with van der Waals surface area (Å²) >= 11 is 0. The molecule has 2 aromatic rings. The first-order valence-corrected chi connectivity index (χ1v) is 6.69. The Morgan fingerprint density at radius 1 is 0.895 bits per heavy atom. The maximum absolute atomic E-state index is 13.7. The van der Waals surface area contributed by atoms with E-state index in [-0.39, 0.29) is 11.9 Å². The van der Waals surface area contributed by atoms with Crippen LogP contribution >= 0.6 is 0 Å². The molecule has 19 heavy (non-hydrogen) atoms. The molecule has 100 valence electrons. The highest BCUT2D eigenvalue weighted by Crippen LogP contribution is 2.23. The van der Waals surface area contributed by atoms with Gasteiger partial charge in [-0.2, -0.15) is 0 Å². The average Bonchev–Trinajstić information content (AvgIpc) is 2.39. The van der Waals surface area contributed by atoms with Crippen LogP contribution in [0.4, 0.5) is 10.1 Å². The summed E-state index contributed by atoms with van der Waals surface area (Å²) < 4.78 is 13.7. The molecule has 1 nitrogen and oxygen atoms in total. The molecule has 0 amide bonds. The zero-order valence-corrected chi connectivity index (χ0v) is 11.7. The van der Waals surface area contributed by atoms with Crippen LogP contribution in [-0.2, 0) is 0 Å². The van der Waals surface area contributed by atoms with Gasteiger partial charge >= 0.3 is 0 Å². The van der Waals surface area contributed by atoms with Crippen molar-refractivity contribution in [2.24, 2.45) is 0 Å². The van der Waals surface area contributed by atoms with Gasteiger partial charge in [-0.1, -0.05) is 44.2 Å². The third-order valence-electron chi connectivity index (χ3n) is 3.33. The van der Waals surface area contributed by atoms with Crippen LogP contribution in [-0.4, -0.2) is 0 Å². The van der Waals surface area contributed by atoms with E-state index in [1.54, 1.807) is 6.07 Å². The molecule has 2 aromatic carbocycles. The summed E-state index contributed by atoms with van der Waals surface area (Å²) in [5, 5.41) is 3.33. The van der Waals surface area contributed by atoms with Gasteiger partial charge in [0.15, 0.2) is 0 Å². The second-order valence-corrected chi connectivity index (χ2v) is 5.16. The Bertz CT molecular complexity index is 531. The van der Waals surface area contributed by atoms with Gasteiger partial charge in [-0.3, -0.25) is 0 Å². The van der Waals surface area contributed by atoms with Crippen molar-refractivity contribution in [1.29, 1.82) is 0 Å². The van der Waals surface area contributed by atoms with Crippen molar-refractivity contribution in [3.05, 3.63) is 65.5 Å². The smallest absolute Gasteiger partial charge is 0.128 e. The van der Waals surface area contributed by atoms with E-state index in [1.165, 1.54) is 11.6 Å². The van der Waals surface area contributed by atoms with E-state index in [2.05, 4.69) is 31.3 Å². The minimum absolute atomic E-state index is 0.0499. The van der Waals surface area contributed by atoms with Gasteiger partial charge in [0.25, 0.3) is 0 Å². The van der Waals surface area contributed by atoms with Crippen LogP contribution in [0.25, 0.3) is 0 Å². The zero-order chi connectivity index (χ0) is 13.8. The average molecular weight is 257 g/mol. The molecule has 0 spiro atoms. The highest BCUT2D eigenvalue weighted by atomic mass is 19.1. The maximum atomic E-state index is 13.7. The molecule has 0 aliphatic rings. The van der Waals surface area contributed by atoms with Crippen LogP contribution in [0.2, 0.25) is 0 Å². The summed E-state index contributed by atoms with van der Waals surface area (Å²) in [6.07, 6.45) is 0. The predicted molar refractivity (Wildman–Crippen MR) is 79.0 cm³/mol. The first-order valence-electron chi connectivity index (χ1n) is 6.69. The SMILES string of the molecule is CC(C)c1ccc(NC(C)c2ccccc2F)cc1. The lowest BCUT2D eigenvalue weighted by molar-refractivity contribution is 0.600. The van der Waals surface area contributed by atoms with Gasteiger partial charge in [0.1, 0.15) is 5.82 Å². The van der Waals surface area contributed by atoms with Crippen molar-refractivity contribution in [3.63, 3.8) is 0 Å². The monoisotopic (exact) mass is 257 g/mol. The van der Waals surface area contributed by atoms with E-state index in [1.807, 2.05) is 31.2 Å². The summed E-state index contributed by atoms with van der Waals surface area (Å²) in [5.41, 5.74) is 3.01. The number of halogens is 1. The third kappa shape index (κ3) is 3.34. The number of nitrogens with one attached hydrogen (secondary N) is 1. The van der Waals surface area contributed by atoms with E-state index in [4.69, 9.17) is 0 Å². The van der Waals surface area contributed by atoms with Gasteiger partial charge in [0, 0.05) is 11.3 Å². The minimum Gasteiger partial charge on any atom is -0.378 e. The van der Waals surface area contributed by atoms with Crippen LogP contribution in [0.5, 0.6) is 0 Å². The Hall–Kier alpha value is -1.83. The highest BCUT2D eigenvalue weighted by Gasteiger charge is 2.09. The number of anilines is 1. The fourth-order valence-electron chi connectivity index (χ4n) is 2.12. The van der Waals surface area contributed by atoms with Gasteiger partial charge < -0.3 is 5.32 Å². The molecule has 2 rings (SSSR count). The predicted octanol–water partition coefficient (Wildman–Crippen LogP) is 5.12. The summed E-state index contributed by atoms with van der Waals surface area (Å²) in [5.74, 6) is 0.361. The molecule has 0 aliphatic heterocycles.